The lowest BCUT2D eigenvalue weighted by atomic mass is 10.0. The number of hydrogen-bond acceptors (Lipinski definition) is 3. The molecule has 1 aromatic heterocycles. The lowest BCUT2D eigenvalue weighted by Gasteiger charge is -2.18. The Kier molecular flexibility index (Phi) is 5.63. The molecule has 2 unspecified atom stereocenters. The largest absolute Gasteiger partial charge is 0.467 e. The molecule has 0 radical (unpaired) electrons. The highest BCUT2D eigenvalue weighted by atomic mass is 16.3. The molecular formula is C17H26N2O3. The van der Waals surface area contributed by atoms with Gasteiger partial charge in [0.05, 0.1) is 18.7 Å². The summed E-state index contributed by atoms with van der Waals surface area (Å²) in [5, 5.41) is 3.04. The molecule has 1 fully saturated rings. The Hall–Kier alpha value is -1.78. The quantitative estimate of drug-likeness (QED) is 0.842. The van der Waals surface area contributed by atoms with E-state index in [1.807, 2.05) is 13.0 Å². The first-order valence-electron chi connectivity index (χ1n) is 8.06. The van der Waals surface area contributed by atoms with E-state index in [2.05, 4.69) is 19.2 Å². The number of furan rings is 1. The molecule has 1 saturated heterocycles. The maximum Gasteiger partial charge on any atom is 0.225 e. The maximum atomic E-state index is 12.3. The van der Waals surface area contributed by atoms with Crippen LogP contribution in [0, 0.1) is 11.8 Å². The van der Waals surface area contributed by atoms with Crippen molar-refractivity contribution < 1.29 is 14.0 Å². The van der Waals surface area contributed by atoms with Crippen LogP contribution in [0.4, 0.5) is 0 Å². The van der Waals surface area contributed by atoms with E-state index in [-0.39, 0.29) is 23.8 Å². The van der Waals surface area contributed by atoms with Crippen molar-refractivity contribution in [1.82, 2.24) is 10.2 Å². The van der Waals surface area contributed by atoms with Crippen LogP contribution >= 0.6 is 0 Å². The third-order valence-electron chi connectivity index (χ3n) is 4.08. The zero-order valence-corrected chi connectivity index (χ0v) is 13.7. The monoisotopic (exact) mass is 306 g/mol. The van der Waals surface area contributed by atoms with Crippen molar-refractivity contribution in [1.29, 1.82) is 0 Å². The SMILES string of the molecule is CC(C)CCC(C)NC(=O)C1CC(=O)N(Cc2ccco2)C1. The van der Waals surface area contributed by atoms with Crippen LogP contribution in [-0.2, 0) is 16.1 Å². The fourth-order valence-electron chi connectivity index (χ4n) is 2.71. The number of carbonyl (C=O) groups excluding carboxylic acids is 2. The van der Waals surface area contributed by atoms with Gasteiger partial charge in [0.25, 0.3) is 0 Å². The summed E-state index contributed by atoms with van der Waals surface area (Å²) in [7, 11) is 0. The van der Waals surface area contributed by atoms with E-state index in [1.54, 1.807) is 17.2 Å². The van der Waals surface area contributed by atoms with E-state index < -0.39 is 0 Å². The first-order chi connectivity index (χ1) is 10.5. The van der Waals surface area contributed by atoms with Gasteiger partial charge in [0.2, 0.25) is 11.8 Å². The van der Waals surface area contributed by atoms with E-state index in [9.17, 15) is 9.59 Å². The van der Waals surface area contributed by atoms with Crippen LogP contribution in [-0.4, -0.2) is 29.3 Å². The Morgan fingerprint density at radius 3 is 2.82 bits per heavy atom. The smallest absolute Gasteiger partial charge is 0.225 e. The summed E-state index contributed by atoms with van der Waals surface area (Å²) < 4.78 is 5.26. The van der Waals surface area contributed by atoms with Gasteiger partial charge < -0.3 is 14.6 Å². The highest BCUT2D eigenvalue weighted by Crippen LogP contribution is 2.21. The van der Waals surface area contributed by atoms with Gasteiger partial charge in [0, 0.05) is 19.0 Å². The predicted octanol–water partition coefficient (Wildman–Crippen LogP) is 2.57. The molecule has 1 N–H and O–H groups in total. The van der Waals surface area contributed by atoms with Crippen LogP contribution in [0.15, 0.2) is 22.8 Å². The summed E-state index contributed by atoms with van der Waals surface area (Å²) in [4.78, 5) is 26.0. The van der Waals surface area contributed by atoms with Gasteiger partial charge >= 0.3 is 0 Å². The van der Waals surface area contributed by atoms with Crippen LogP contribution in [0.25, 0.3) is 0 Å². The predicted molar refractivity (Wildman–Crippen MR) is 83.9 cm³/mol. The number of likely N-dealkylation sites (tertiary alicyclic amines) is 1. The normalized spacial score (nSPS) is 19.7. The molecule has 1 aliphatic heterocycles. The Morgan fingerprint density at radius 2 is 2.18 bits per heavy atom. The van der Waals surface area contributed by atoms with Crippen molar-refractivity contribution in [3.8, 4) is 0 Å². The molecule has 22 heavy (non-hydrogen) atoms. The van der Waals surface area contributed by atoms with Gasteiger partial charge in [0.1, 0.15) is 5.76 Å². The Bertz CT molecular complexity index is 496. The van der Waals surface area contributed by atoms with Crippen molar-refractivity contribution >= 4 is 11.8 Å². The highest BCUT2D eigenvalue weighted by Gasteiger charge is 2.34. The lowest BCUT2D eigenvalue weighted by molar-refractivity contribution is -0.129. The number of nitrogens with one attached hydrogen (secondary N) is 1. The molecule has 5 heteroatoms. The molecule has 0 aliphatic carbocycles. The Balaban J connectivity index is 1.80. The second kappa shape index (κ2) is 7.47. The van der Waals surface area contributed by atoms with Crippen molar-refractivity contribution in [2.24, 2.45) is 11.8 Å². The van der Waals surface area contributed by atoms with Crippen LogP contribution in [0.1, 0.15) is 45.8 Å². The molecule has 2 heterocycles. The van der Waals surface area contributed by atoms with Gasteiger partial charge in [-0.05, 0) is 37.8 Å². The zero-order chi connectivity index (χ0) is 16.1. The first-order valence-corrected chi connectivity index (χ1v) is 8.06. The molecule has 0 saturated carbocycles. The number of hydrogen-bond donors (Lipinski definition) is 1. The number of carbonyl (C=O) groups is 2. The number of nitrogens with zero attached hydrogens (tertiary/aromatic N) is 1. The van der Waals surface area contributed by atoms with Gasteiger partial charge in [-0.1, -0.05) is 13.8 Å². The molecule has 0 bridgehead atoms. The molecule has 0 spiro atoms. The van der Waals surface area contributed by atoms with E-state index in [0.29, 0.717) is 25.4 Å². The van der Waals surface area contributed by atoms with Crippen LogP contribution < -0.4 is 5.32 Å². The number of amides is 2. The topological polar surface area (TPSA) is 62.6 Å². The average molecular weight is 306 g/mol. The van der Waals surface area contributed by atoms with Gasteiger partial charge in [0.15, 0.2) is 0 Å². The standard InChI is InChI=1S/C17H26N2O3/c1-12(2)6-7-13(3)18-17(21)14-9-16(20)19(10-14)11-15-5-4-8-22-15/h4-5,8,12-14H,6-7,9-11H2,1-3H3,(H,18,21). The van der Waals surface area contributed by atoms with E-state index in [1.165, 1.54) is 0 Å². The summed E-state index contributed by atoms with van der Waals surface area (Å²) >= 11 is 0. The second-order valence-electron chi connectivity index (χ2n) is 6.64. The molecule has 1 aliphatic rings. The fourth-order valence-corrected chi connectivity index (χ4v) is 2.71. The fraction of sp³-hybridized carbons (Fsp3) is 0.647. The maximum absolute atomic E-state index is 12.3. The zero-order valence-electron chi connectivity index (χ0n) is 13.7. The molecule has 2 amide bonds. The molecule has 5 nitrogen and oxygen atoms in total. The van der Waals surface area contributed by atoms with Crippen LogP contribution in [0.3, 0.4) is 0 Å². The molecule has 2 rings (SSSR count). The Labute approximate surface area is 132 Å². The highest BCUT2D eigenvalue weighted by molar-refractivity contribution is 5.89. The van der Waals surface area contributed by atoms with Crippen molar-refractivity contribution in [3.63, 3.8) is 0 Å². The van der Waals surface area contributed by atoms with E-state index in [4.69, 9.17) is 4.42 Å². The van der Waals surface area contributed by atoms with Crippen molar-refractivity contribution in [2.45, 2.75) is 52.6 Å². The summed E-state index contributed by atoms with van der Waals surface area (Å²) in [5.41, 5.74) is 0. The van der Waals surface area contributed by atoms with E-state index >= 15 is 0 Å². The average Bonchev–Trinajstić information content (AvgIpc) is 3.08. The van der Waals surface area contributed by atoms with Gasteiger partial charge in [-0.25, -0.2) is 0 Å². The molecule has 1 aromatic rings. The first kappa shape index (κ1) is 16.6. The third kappa shape index (κ3) is 4.61. The summed E-state index contributed by atoms with van der Waals surface area (Å²) in [5.74, 6) is 1.15. The minimum atomic E-state index is -0.246. The Morgan fingerprint density at radius 1 is 1.41 bits per heavy atom. The molecule has 2 atom stereocenters. The molecule has 122 valence electrons. The number of rotatable bonds is 7. The van der Waals surface area contributed by atoms with Crippen molar-refractivity contribution in [3.05, 3.63) is 24.2 Å². The van der Waals surface area contributed by atoms with Gasteiger partial charge in [-0.15, -0.1) is 0 Å². The van der Waals surface area contributed by atoms with E-state index in [0.717, 1.165) is 18.6 Å². The second-order valence-corrected chi connectivity index (χ2v) is 6.64. The summed E-state index contributed by atoms with van der Waals surface area (Å²) in [6.07, 6.45) is 3.95. The lowest BCUT2D eigenvalue weighted by Crippen LogP contribution is -2.38. The van der Waals surface area contributed by atoms with Crippen LogP contribution in [0.5, 0.6) is 0 Å². The van der Waals surface area contributed by atoms with Gasteiger partial charge in [-0.3, -0.25) is 9.59 Å². The minimum Gasteiger partial charge on any atom is -0.467 e. The third-order valence-corrected chi connectivity index (χ3v) is 4.08. The minimum absolute atomic E-state index is 0.00782. The summed E-state index contributed by atoms with van der Waals surface area (Å²) in [6, 6.07) is 3.80. The van der Waals surface area contributed by atoms with Crippen molar-refractivity contribution in [2.75, 3.05) is 6.54 Å². The molecule has 0 aromatic carbocycles. The van der Waals surface area contributed by atoms with Crippen LogP contribution in [0.2, 0.25) is 0 Å². The summed E-state index contributed by atoms with van der Waals surface area (Å²) in [6.45, 7) is 7.30. The van der Waals surface area contributed by atoms with Gasteiger partial charge in [-0.2, -0.15) is 0 Å². The molecular weight excluding hydrogens is 280 g/mol.